The van der Waals surface area contributed by atoms with E-state index in [2.05, 4.69) is 64.3 Å². The van der Waals surface area contributed by atoms with E-state index in [-0.39, 0.29) is 67.9 Å². The van der Waals surface area contributed by atoms with Crippen LogP contribution >= 0.6 is 0 Å². The molecule has 0 atom stereocenters. The van der Waals surface area contributed by atoms with Crippen LogP contribution in [-0.2, 0) is 51.0 Å². The van der Waals surface area contributed by atoms with Crippen LogP contribution in [0.5, 0.6) is 0 Å². The molecule has 0 unspecified atom stereocenters. The van der Waals surface area contributed by atoms with Gasteiger partial charge in [-0.05, 0) is 57.6 Å². The van der Waals surface area contributed by atoms with Crippen molar-refractivity contribution in [2.24, 2.45) is 0 Å². The zero-order valence-corrected chi connectivity index (χ0v) is 32.3. The fourth-order valence-electron chi connectivity index (χ4n) is 3.93. The number of pyridine rings is 4. The van der Waals surface area contributed by atoms with Crippen LogP contribution in [0.2, 0.25) is 0 Å². The summed E-state index contributed by atoms with van der Waals surface area (Å²) in [5.74, 6) is -3.60. The molecule has 0 spiro atoms. The van der Waals surface area contributed by atoms with Gasteiger partial charge >= 0.3 is 0 Å². The molecule has 0 bridgehead atoms. The molecule has 260 valence electrons. The van der Waals surface area contributed by atoms with Crippen LogP contribution in [0, 0.1) is 42.2 Å². The van der Waals surface area contributed by atoms with Crippen LogP contribution in [0.25, 0.3) is 33.1 Å². The zero-order valence-electron chi connectivity index (χ0n) is 27.5. The van der Waals surface area contributed by atoms with Crippen LogP contribution in [0.1, 0.15) is 58.4 Å². The summed E-state index contributed by atoms with van der Waals surface area (Å²) < 4.78 is 53.7. The van der Waals surface area contributed by atoms with E-state index in [0.717, 1.165) is 23.3 Å². The summed E-state index contributed by atoms with van der Waals surface area (Å²) in [5.41, 5.74) is 2.57. The first kappa shape index (κ1) is 42.9. The van der Waals surface area contributed by atoms with E-state index in [0.29, 0.717) is 17.1 Å². The van der Waals surface area contributed by atoms with Crippen molar-refractivity contribution in [2.45, 2.75) is 52.4 Å². The van der Waals surface area contributed by atoms with Crippen molar-refractivity contribution in [3.05, 3.63) is 144 Å². The molecule has 1 aromatic carbocycles. The van der Waals surface area contributed by atoms with Crippen molar-refractivity contribution in [3.8, 4) is 22.5 Å². The first-order valence-corrected chi connectivity index (χ1v) is 14.3. The third-order valence-electron chi connectivity index (χ3n) is 6.58. The molecule has 5 aromatic rings. The molecule has 49 heavy (non-hydrogen) atoms. The Labute approximate surface area is 311 Å². The number of hydrogen-bond donors (Lipinski definition) is 1. The molecule has 0 saturated carbocycles. The van der Waals surface area contributed by atoms with Crippen LogP contribution in [0.4, 0.5) is 23.2 Å². The van der Waals surface area contributed by atoms with E-state index in [1.807, 2.05) is 32.9 Å². The molecule has 6 nitrogen and oxygen atoms in total. The third kappa shape index (κ3) is 12.1. The molecule has 0 amide bonds. The Morgan fingerprint density at radius 1 is 0.776 bits per heavy atom. The number of benzene rings is 1. The molecule has 4 heterocycles. The fourth-order valence-corrected chi connectivity index (χ4v) is 3.93. The molecule has 2 radical (unpaired) electrons. The molecule has 0 fully saturated rings. The van der Waals surface area contributed by atoms with Gasteiger partial charge < -0.3 is 15.1 Å². The Balaban J connectivity index is 0.000000383. The third-order valence-corrected chi connectivity index (χ3v) is 6.58. The summed E-state index contributed by atoms with van der Waals surface area (Å²) in [6.07, 6.45) is 4.79. The van der Waals surface area contributed by atoms with Gasteiger partial charge in [0.05, 0.1) is 6.57 Å². The fraction of sp³-hybridized carbons (Fsp3) is 0.216. The Kier molecular flexibility index (Phi) is 16.3. The molecule has 0 aliphatic carbocycles. The standard InChI is InChI=1S/C16H13F2N2.C14H13F2N2.C7H7NO.2Ir/c1-16(2,3)10-7-8-20-13(9-10)11-5-6-12(17)15(19-4)14(11)18;1-14(2,3)9-6-7-17-11(8-9)10-4-5-12(15)18-13(10)16;1-6(9)7-4-2-3-5-8-7;;/h6-9H,1-3H3;5-8H,1-3H3;2-5,9H,1H2;;/q2*-1;;;. The minimum absolute atomic E-state index is 0. The molecule has 0 aliphatic heterocycles. The average molecular weight is 1020 g/mol. The monoisotopic (exact) mass is 1030 g/mol. The molecule has 5 rings (SSSR count). The van der Waals surface area contributed by atoms with Gasteiger partial charge in [-0.2, -0.15) is 0 Å². The number of halogens is 4. The van der Waals surface area contributed by atoms with Gasteiger partial charge in [0, 0.05) is 70.4 Å². The Hall–Kier alpha value is -4.13. The smallest absolute Gasteiger partial charge is 0.176 e. The molecule has 0 saturated heterocycles. The molecule has 1 N–H and O–H groups in total. The van der Waals surface area contributed by atoms with Gasteiger partial charge in [-0.1, -0.05) is 78.0 Å². The van der Waals surface area contributed by atoms with Crippen LogP contribution in [0.15, 0.2) is 79.8 Å². The second-order valence-electron chi connectivity index (χ2n) is 12.2. The first-order chi connectivity index (χ1) is 22.0. The number of hydrogen-bond acceptors (Lipinski definition) is 5. The predicted molar refractivity (Wildman–Crippen MR) is 174 cm³/mol. The SMILES string of the molecule is C=C(O)c1ccccn1.CC(C)(C)c1ccnc(-c2[c-]cc(F)nc2F)c1.[C-]#[N+]c1c(F)c[c-]c(-c2cc(C(C)(C)C)ccn2)c1F.[Ir].[Ir]. The molecule has 4 aromatic heterocycles. The molecule has 12 heteroatoms. The Bertz CT molecular complexity index is 1900. The van der Waals surface area contributed by atoms with E-state index >= 15 is 0 Å². The summed E-state index contributed by atoms with van der Waals surface area (Å²) >= 11 is 0. The van der Waals surface area contributed by atoms with Crippen LogP contribution in [-0.4, -0.2) is 25.0 Å². The van der Waals surface area contributed by atoms with Crippen molar-refractivity contribution in [1.82, 2.24) is 19.9 Å². The summed E-state index contributed by atoms with van der Waals surface area (Å²) in [5, 5.41) is 8.77. The van der Waals surface area contributed by atoms with E-state index in [9.17, 15) is 17.6 Å². The summed E-state index contributed by atoms with van der Waals surface area (Å²) in [7, 11) is 0. The maximum Gasteiger partial charge on any atom is 0.176 e. The molecular formula is C37H33F4Ir2N5O-2. The Morgan fingerprint density at radius 2 is 1.31 bits per heavy atom. The van der Waals surface area contributed by atoms with Gasteiger partial charge in [0.2, 0.25) is 0 Å². The second kappa shape index (κ2) is 18.6. The number of aliphatic hydroxyl groups is 1. The van der Waals surface area contributed by atoms with Gasteiger partial charge in [-0.15, -0.1) is 23.8 Å². The summed E-state index contributed by atoms with van der Waals surface area (Å²) in [4.78, 5) is 18.0. The first-order valence-electron chi connectivity index (χ1n) is 14.3. The number of nitrogens with zero attached hydrogens (tertiary/aromatic N) is 5. The van der Waals surface area contributed by atoms with E-state index in [1.165, 1.54) is 0 Å². The molecule has 0 aliphatic rings. The quantitative estimate of drug-likeness (QED) is 0.0844. The normalized spacial score (nSPS) is 10.5. The van der Waals surface area contributed by atoms with Crippen LogP contribution in [0.3, 0.4) is 0 Å². The number of aromatic nitrogens is 4. The minimum atomic E-state index is -0.918. The van der Waals surface area contributed by atoms with Gasteiger partial charge in [0.1, 0.15) is 23.3 Å². The summed E-state index contributed by atoms with van der Waals surface area (Å²) in [6, 6.07) is 19.5. The minimum Gasteiger partial charge on any atom is -0.506 e. The van der Waals surface area contributed by atoms with Crippen molar-refractivity contribution in [1.29, 1.82) is 0 Å². The maximum atomic E-state index is 14.1. The Morgan fingerprint density at radius 3 is 1.73 bits per heavy atom. The van der Waals surface area contributed by atoms with Gasteiger partial charge in [0.25, 0.3) is 0 Å². The number of rotatable bonds is 3. The van der Waals surface area contributed by atoms with Crippen molar-refractivity contribution in [2.75, 3.05) is 0 Å². The van der Waals surface area contributed by atoms with Gasteiger partial charge in [0.15, 0.2) is 5.69 Å². The van der Waals surface area contributed by atoms with Gasteiger partial charge in [-0.3, -0.25) is 23.6 Å². The van der Waals surface area contributed by atoms with E-state index in [4.69, 9.17) is 11.7 Å². The van der Waals surface area contributed by atoms with Crippen LogP contribution < -0.4 is 0 Å². The van der Waals surface area contributed by atoms with Crippen molar-refractivity contribution in [3.63, 3.8) is 0 Å². The average Bonchev–Trinajstić information content (AvgIpc) is 3.02. The largest absolute Gasteiger partial charge is 0.506 e. The van der Waals surface area contributed by atoms with E-state index < -0.39 is 29.2 Å². The second-order valence-corrected chi connectivity index (χ2v) is 12.2. The van der Waals surface area contributed by atoms with E-state index in [1.54, 1.807) is 48.9 Å². The van der Waals surface area contributed by atoms with Crippen molar-refractivity contribution < 1.29 is 62.9 Å². The topological polar surface area (TPSA) is 76.2 Å². The molecular weight excluding hydrogens is 991 g/mol. The van der Waals surface area contributed by atoms with Gasteiger partial charge in [-0.25, -0.2) is 8.78 Å². The summed E-state index contributed by atoms with van der Waals surface area (Å²) in [6.45, 7) is 22.4. The maximum absolute atomic E-state index is 14.1. The zero-order chi connectivity index (χ0) is 34.9. The number of aliphatic hydroxyl groups excluding tert-OH is 1. The predicted octanol–water partition coefficient (Wildman–Crippen LogP) is 9.80. The van der Waals surface area contributed by atoms with Crippen molar-refractivity contribution >= 4 is 11.4 Å².